The first-order valence-electron chi connectivity index (χ1n) is 13.8. The van der Waals surface area contributed by atoms with Gasteiger partial charge >= 0.3 is 0 Å². The highest BCUT2D eigenvalue weighted by molar-refractivity contribution is 6.14. The van der Waals surface area contributed by atoms with Gasteiger partial charge < -0.3 is 5.11 Å². The molecule has 0 bridgehead atoms. The fourth-order valence-electron chi connectivity index (χ4n) is 6.66. The van der Waals surface area contributed by atoms with Crippen LogP contribution in [0.4, 0.5) is 0 Å². The molecule has 1 aliphatic carbocycles. The van der Waals surface area contributed by atoms with Crippen molar-refractivity contribution in [3.05, 3.63) is 151 Å². The summed E-state index contributed by atoms with van der Waals surface area (Å²) in [4.78, 5) is 0. The van der Waals surface area contributed by atoms with Crippen LogP contribution < -0.4 is 0 Å². The molecule has 8 rings (SSSR count). The van der Waals surface area contributed by atoms with Gasteiger partial charge in [0.25, 0.3) is 0 Å². The molecule has 7 aromatic rings. The number of benzene rings is 7. The van der Waals surface area contributed by atoms with E-state index in [9.17, 15) is 5.11 Å². The second-order valence-corrected chi connectivity index (χ2v) is 10.6. The van der Waals surface area contributed by atoms with Crippen LogP contribution in [0.15, 0.2) is 140 Å². The van der Waals surface area contributed by atoms with Crippen LogP contribution in [0.25, 0.3) is 66.1 Å². The zero-order valence-electron chi connectivity index (χ0n) is 21.9. The minimum Gasteiger partial charge on any atom is -0.508 e. The van der Waals surface area contributed by atoms with Crippen molar-refractivity contribution in [1.82, 2.24) is 0 Å². The van der Waals surface area contributed by atoms with Crippen LogP contribution >= 0.6 is 0 Å². The van der Waals surface area contributed by atoms with Crippen molar-refractivity contribution < 1.29 is 5.11 Å². The maximum absolute atomic E-state index is 11.0. The number of hydrogen-bond acceptors (Lipinski definition) is 1. The summed E-state index contributed by atoms with van der Waals surface area (Å²) in [5.41, 5.74) is 12.5. The molecule has 0 heterocycles. The molecule has 1 aliphatic rings. The molecule has 0 saturated carbocycles. The standard InChI is InChI=1S/C39H26O/c40-28-22-35-29-15-8-7-12-26(29)18-19-33(35)36(23-28)34-21-20-32-31-17-9-16-30(25-10-3-1-4-11-25)37(31)24-38(32)39(34)27-13-5-2-6-14-27/h1-23,40H,24H2. The van der Waals surface area contributed by atoms with E-state index in [2.05, 4.69) is 127 Å². The first-order valence-corrected chi connectivity index (χ1v) is 13.8. The average molecular weight is 511 g/mol. The lowest BCUT2D eigenvalue weighted by molar-refractivity contribution is 0.476. The fraction of sp³-hybridized carbons (Fsp3) is 0.0256. The van der Waals surface area contributed by atoms with Crippen molar-refractivity contribution in [3.8, 4) is 50.3 Å². The van der Waals surface area contributed by atoms with Gasteiger partial charge in [-0.15, -0.1) is 0 Å². The largest absolute Gasteiger partial charge is 0.508 e. The Kier molecular flexibility index (Phi) is 5.11. The lowest BCUT2D eigenvalue weighted by Gasteiger charge is -2.18. The number of aromatic hydroxyl groups is 1. The zero-order valence-corrected chi connectivity index (χ0v) is 21.9. The van der Waals surface area contributed by atoms with Gasteiger partial charge in [-0.1, -0.05) is 127 Å². The van der Waals surface area contributed by atoms with E-state index in [4.69, 9.17) is 0 Å². The number of rotatable bonds is 3. The van der Waals surface area contributed by atoms with Crippen LogP contribution in [0.2, 0.25) is 0 Å². The predicted octanol–water partition coefficient (Wildman–Crippen LogP) is 10.3. The molecule has 0 amide bonds. The Hall–Kier alpha value is -5.14. The van der Waals surface area contributed by atoms with Crippen LogP contribution in [0, 0.1) is 0 Å². The summed E-state index contributed by atoms with van der Waals surface area (Å²) in [5.74, 6) is 0.285. The second-order valence-electron chi connectivity index (χ2n) is 10.6. The predicted molar refractivity (Wildman–Crippen MR) is 168 cm³/mol. The summed E-state index contributed by atoms with van der Waals surface area (Å²) < 4.78 is 0. The van der Waals surface area contributed by atoms with Crippen molar-refractivity contribution in [1.29, 1.82) is 0 Å². The molecule has 1 heteroatoms. The Bertz CT molecular complexity index is 2070. The molecule has 1 nitrogen and oxygen atoms in total. The first kappa shape index (κ1) is 22.8. The van der Waals surface area contributed by atoms with Gasteiger partial charge in [0, 0.05) is 0 Å². The molecular weight excluding hydrogens is 484 g/mol. The van der Waals surface area contributed by atoms with E-state index in [0.717, 1.165) is 33.7 Å². The molecule has 40 heavy (non-hydrogen) atoms. The van der Waals surface area contributed by atoms with Crippen molar-refractivity contribution in [2.45, 2.75) is 6.42 Å². The molecule has 0 unspecified atom stereocenters. The Morgan fingerprint density at radius 1 is 0.400 bits per heavy atom. The maximum atomic E-state index is 11.0. The third-order valence-electron chi connectivity index (χ3n) is 8.42. The summed E-state index contributed by atoms with van der Waals surface area (Å²) in [7, 11) is 0. The topological polar surface area (TPSA) is 20.2 Å². The molecule has 188 valence electrons. The van der Waals surface area contributed by atoms with Gasteiger partial charge in [0.1, 0.15) is 5.75 Å². The maximum Gasteiger partial charge on any atom is 0.116 e. The van der Waals surface area contributed by atoms with E-state index < -0.39 is 0 Å². The Balaban J connectivity index is 1.42. The normalized spacial score (nSPS) is 12.0. The average Bonchev–Trinajstić information content (AvgIpc) is 3.40. The molecule has 0 saturated heterocycles. The SMILES string of the molecule is Oc1cc(-c2ccc3c(c2-c2ccccc2)Cc2c(-c4ccccc4)cccc2-3)c2ccc3ccccc3c2c1. The van der Waals surface area contributed by atoms with E-state index in [1.807, 2.05) is 12.1 Å². The van der Waals surface area contributed by atoms with Crippen molar-refractivity contribution in [2.75, 3.05) is 0 Å². The Labute approximate surface area is 233 Å². The quantitative estimate of drug-likeness (QED) is 0.234. The summed E-state index contributed by atoms with van der Waals surface area (Å²) in [6, 6.07) is 49.3. The van der Waals surface area contributed by atoms with Gasteiger partial charge in [-0.2, -0.15) is 0 Å². The highest BCUT2D eigenvalue weighted by Crippen LogP contribution is 2.49. The van der Waals surface area contributed by atoms with Crippen molar-refractivity contribution >= 4 is 21.5 Å². The number of hydrogen-bond donors (Lipinski definition) is 1. The Morgan fingerprint density at radius 3 is 1.90 bits per heavy atom. The van der Waals surface area contributed by atoms with Gasteiger partial charge in [-0.05, 0) is 95.7 Å². The number of fused-ring (bicyclic) bond motifs is 6. The highest BCUT2D eigenvalue weighted by atomic mass is 16.3. The number of phenols is 1. The second kappa shape index (κ2) is 8.97. The summed E-state index contributed by atoms with van der Waals surface area (Å²) in [6.07, 6.45) is 0.869. The molecule has 0 fully saturated rings. The van der Waals surface area contributed by atoms with Crippen molar-refractivity contribution in [2.24, 2.45) is 0 Å². The van der Waals surface area contributed by atoms with E-state index in [0.29, 0.717) is 0 Å². The molecule has 0 aliphatic heterocycles. The molecule has 0 aromatic heterocycles. The summed E-state index contributed by atoms with van der Waals surface area (Å²) in [5, 5.41) is 15.5. The van der Waals surface area contributed by atoms with E-state index in [1.165, 1.54) is 49.9 Å². The molecule has 1 N–H and O–H groups in total. The van der Waals surface area contributed by atoms with Gasteiger partial charge in [0.2, 0.25) is 0 Å². The van der Waals surface area contributed by atoms with Gasteiger partial charge in [0.15, 0.2) is 0 Å². The molecular formula is C39H26O. The highest BCUT2D eigenvalue weighted by Gasteiger charge is 2.27. The molecule has 0 atom stereocenters. The van der Waals surface area contributed by atoms with Crippen LogP contribution in [-0.2, 0) is 6.42 Å². The van der Waals surface area contributed by atoms with Crippen LogP contribution in [0.1, 0.15) is 11.1 Å². The first-order chi connectivity index (χ1) is 19.8. The monoisotopic (exact) mass is 510 g/mol. The lowest BCUT2D eigenvalue weighted by atomic mass is 9.85. The summed E-state index contributed by atoms with van der Waals surface area (Å²) in [6.45, 7) is 0. The van der Waals surface area contributed by atoms with Crippen LogP contribution in [0.5, 0.6) is 5.75 Å². The minimum absolute atomic E-state index is 0.285. The van der Waals surface area contributed by atoms with Crippen LogP contribution in [0.3, 0.4) is 0 Å². The fourth-order valence-corrected chi connectivity index (χ4v) is 6.66. The molecule has 0 radical (unpaired) electrons. The van der Waals surface area contributed by atoms with E-state index in [1.54, 1.807) is 0 Å². The Morgan fingerprint density at radius 2 is 1.07 bits per heavy atom. The van der Waals surface area contributed by atoms with Gasteiger partial charge in [0.05, 0.1) is 0 Å². The number of phenolic OH excluding ortho intramolecular Hbond substituents is 1. The lowest BCUT2D eigenvalue weighted by Crippen LogP contribution is -1.94. The minimum atomic E-state index is 0.285. The van der Waals surface area contributed by atoms with Gasteiger partial charge in [-0.3, -0.25) is 0 Å². The summed E-state index contributed by atoms with van der Waals surface area (Å²) >= 11 is 0. The molecule has 0 spiro atoms. The third-order valence-corrected chi connectivity index (χ3v) is 8.42. The van der Waals surface area contributed by atoms with E-state index in [-0.39, 0.29) is 5.75 Å². The molecule has 7 aromatic carbocycles. The van der Waals surface area contributed by atoms with Crippen LogP contribution in [-0.4, -0.2) is 5.11 Å². The van der Waals surface area contributed by atoms with Crippen molar-refractivity contribution in [3.63, 3.8) is 0 Å². The third kappa shape index (κ3) is 3.48. The smallest absolute Gasteiger partial charge is 0.116 e. The van der Waals surface area contributed by atoms with Gasteiger partial charge in [-0.25, -0.2) is 0 Å². The van der Waals surface area contributed by atoms with E-state index >= 15 is 0 Å². The zero-order chi connectivity index (χ0) is 26.6.